The number of amides is 1. The number of benzene rings is 2. The maximum Gasteiger partial charge on any atom is 0.251 e. The number of hydrogen-bond donors (Lipinski definition) is 1. The number of nitrogens with zero attached hydrogens (tertiary/aromatic N) is 1. The van der Waals surface area contributed by atoms with E-state index >= 15 is 0 Å². The zero-order valence-corrected chi connectivity index (χ0v) is 15.1. The van der Waals surface area contributed by atoms with E-state index in [1.165, 1.54) is 11.4 Å². The van der Waals surface area contributed by atoms with E-state index in [0.29, 0.717) is 11.3 Å². The Labute approximate surface area is 143 Å². The molecule has 0 spiro atoms. The van der Waals surface area contributed by atoms with Crippen LogP contribution in [0.3, 0.4) is 0 Å². The fourth-order valence-electron chi connectivity index (χ4n) is 2.43. The number of rotatable bonds is 5. The highest BCUT2D eigenvalue weighted by Crippen LogP contribution is 2.22. The van der Waals surface area contributed by atoms with Gasteiger partial charge in [-0.1, -0.05) is 30.3 Å². The van der Waals surface area contributed by atoms with E-state index < -0.39 is 10.0 Å². The summed E-state index contributed by atoms with van der Waals surface area (Å²) in [6, 6.07) is 14.6. The molecule has 0 heterocycles. The number of nitrogens with one attached hydrogen (secondary N) is 1. The van der Waals surface area contributed by atoms with Gasteiger partial charge in [0.1, 0.15) is 0 Å². The predicted octanol–water partition coefficient (Wildman–Crippen LogP) is 2.88. The van der Waals surface area contributed by atoms with Crippen molar-refractivity contribution in [3.05, 3.63) is 65.2 Å². The van der Waals surface area contributed by atoms with Gasteiger partial charge < -0.3 is 5.32 Å². The van der Waals surface area contributed by atoms with Crippen LogP contribution in [0.5, 0.6) is 0 Å². The molecule has 0 aromatic heterocycles. The molecule has 1 N–H and O–H groups in total. The molecule has 1 unspecified atom stereocenters. The number of carbonyl (C=O) groups is 1. The lowest BCUT2D eigenvalue weighted by atomic mass is 10.1. The summed E-state index contributed by atoms with van der Waals surface area (Å²) in [7, 11) is -1.84. The molecule has 0 saturated carbocycles. The van der Waals surface area contributed by atoms with Crippen molar-refractivity contribution in [1.82, 2.24) is 5.32 Å². The summed E-state index contributed by atoms with van der Waals surface area (Å²) in [6.45, 7) is 3.71. The van der Waals surface area contributed by atoms with Crippen molar-refractivity contribution in [1.29, 1.82) is 0 Å². The quantitative estimate of drug-likeness (QED) is 0.905. The van der Waals surface area contributed by atoms with E-state index in [9.17, 15) is 13.2 Å². The molecule has 0 aliphatic heterocycles. The molecule has 6 heteroatoms. The van der Waals surface area contributed by atoms with Crippen LogP contribution in [0, 0.1) is 6.92 Å². The summed E-state index contributed by atoms with van der Waals surface area (Å²) < 4.78 is 24.5. The Morgan fingerprint density at radius 2 is 1.75 bits per heavy atom. The van der Waals surface area contributed by atoms with Crippen LogP contribution in [-0.4, -0.2) is 27.6 Å². The van der Waals surface area contributed by atoms with Gasteiger partial charge in [0.05, 0.1) is 18.0 Å². The van der Waals surface area contributed by atoms with Crippen LogP contribution in [0.2, 0.25) is 0 Å². The Morgan fingerprint density at radius 1 is 1.12 bits per heavy atom. The second-order valence-electron chi connectivity index (χ2n) is 5.84. The number of sulfonamides is 1. The summed E-state index contributed by atoms with van der Waals surface area (Å²) in [5.74, 6) is -0.192. The topological polar surface area (TPSA) is 66.5 Å². The second-order valence-corrected chi connectivity index (χ2v) is 7.85. The van der Waals surface area contributed by atoms with Gasteiger partial charge in [0.15, 0.2) is 0 Å². The highest BCUT2D eigenvalue weighted by atomic mass is 32.2. The average molecular weight is 346 g/mol. The highest BCUT2D eigenvalue weighted by molar-refractivity contribution is 7.92. The normalized spacial score (nSPS) is 12.5. The molecule has 2 aromatic carbocycles. The van der Waals surface area contributed by atoms with Crippen LogP contribution in [0.1, 0.15) is 34.5 Å². The Morgan fingerprint density at radius 3 is 2.29 bits per heavy atom. The Balaban J connectivity index is 2.18. The van der Waals surface area contributed by atoms with Crippen molar-refractivity contribution in [2.75, 3.05) is 17.6 Å². The van der Waals surface area contributed by atoms with Crippen molar-refractivity contribution in [3.63, 3.8) is 0 Å². The number of hydrogen-bond acceptors (Lipinski definition) is 3. The lowest BCUT2D eigenvalue weighted by molar-refractivity contribution is 0.0940. The second kappa shape index (κ2) is 7.05. The predicted molar refractivity (Wildman–Crippen MR) is 96.7 cm³/mol. The first-order chi connectivity index (χ1) is 11.2. The molecule has 1 amide bonds. The molecule has 1 atom stereocenters. The van der Waals surface area contributed by atoms with E-state index in [1.54, 1.807) is 25.1 Å². The van der Waals surface area contributed by atoms with Crippen molar-refractivity contribution in [2.45, 2.75) is 19.9 Å². The van der Waals surface area contributed by atoms with Gasteiger partial charge in [-0.05, 0) is 43.2 Å². The molecule has 0 fully saturated rings. The third kappa shape index (κ3) is 4.14. The number of carbonyl (C=O) groups excluding carboxylic acids is 1. The van der Waals surface area contributed by atoms with Crippen LogP contribution in [0.25, 0.3) is 0 Å². The van der Waals surface area contributed by atoms with Gasteiger partial charge in [0.2, 0.25) is 10.0 Å². The van der Waals surface area contributed by atoms with Crippen LogP contribution < -0.4 is 9.62 Å². The molecule has 2 aromatic rings. The van der Waals surface area contributed by atoms with Crippen molar-refractivity contribution in [2.24, 2.45) is 0 Å². The van der Waals surface area contributed by atoms with E-state index in [0.717, 1.165) is 17.4 Å². The molecule has 24 heavy (non-hydrogen) atoms. The van der Waals surface area contributed by atoms with Gasteiger partial charge in [-0.25, -0.2) is 8.42 Å². The summed E-state index contributed by atoms with van der Waals surface area (Å²) in [5, 5.41) is 2.95. The van der Waals surface area contributed by atoms with Crippen LogP contribution in [-0.2, 0) is 10.0 Å². The first-order valence-electron chi connectivity index (χ1n) is 7.60. The monoisotopic (exact) mass is 346 g/mol. The van der Waals surface area contributed by atoms with Crippen LogP contribution in [0.15, 0.2) is 48.5 Å². The van der Waals surface area contributed by atoms with E-state index in [1.807, 2.05) is 37.3 Å². The van der Waals surface area contributed by atoms with Crippen LogP contribution in [0.4, 0.5) is 5.69 Å². The zero-order chi connectivity index (χ0) is 17.9. The molecule has 0 aliphatic rings. The van der Waals surface area contributed by atoms with Gasteiger partial charge in [-0.3, -0.25) is 9.10 Å². The van der Waals surface area contributed by atoms with Crippen molar-refractivity contribution >= 4 is 21.6 Å². The average Bonchev–Trinajstić information content (AvgIpc) is 2.54. The lowest BCUT2D eigenvalue weighted by Gasteiger charge is -2.20. The van der Waals surface area contributed by atoms with Gasteiger partial charge in [-0.15, -0.1) is 0 Å². The maximum atomic E-state index is 12.4. The highest BCUT2D eigenvalue weighted by Gasteiger charge is 2.17. The molecular formula is C18H22N2O3S. The van der Waals surface area contributed by atoms with Crippen molar-refractivity contribution < 1.29 is 13.2 Å². The molecule has 0 aliphatic carbocycles. The Hall–Kier alpha value is -2.34. The van der Waals surface area contributed by atoms with Crippen LogP contribution >= 0.6 is 0 Å². The SMILES string of the molecule is Cc1cc(C(=O)NC(C)c2ccccc2)ccc1N(C)S(C)(=O)=O. The number of aryl methyl sites for hydroxylation is 1. The number of anilines is 1. The van der Waals surface area contributed by atoms with Gasteiger partial charge in [-0.2, -0.15) is 0 Å². The van der Waals surface area contributed by atoms with Gasteiger partial charge >= 0.3 is 0 Å². The molecule has 2 rings (SSSR count). The molecule has 0 saturated heterocycles. The lowest BCUT2D eigenvalue weighted by Crippen LogP contribution is -2.28. The standard InChI is InChI=1S/C18H22N2O3S/c1-13-12-16(10-11-17(13)20(3)24(4,22)23)18(21)19-14(2)15-8-6-5-7-9-15/h5-12,14H,1-4H3,(H,19,21). The Kier molecular flexibility index (Phi) is 5.29. The summed E-state index contributed by atoms with van der Waals surface area (Å²) in [5.41, 5.74) is 2.81. The molecule has 128 valence electrons. The van der Waals surface area contributed by atoms with Crippen molar-refractivity contribution in [3.8, 4) is 0 Å². The fourth-order valence-corrected chi connectivity index (χ4v) is 3.00. The maximum absolute atomic E-state index is 12.4. The van der Waals surface area contributed by atoms with Gasteiger partial charge in [0.25, 0.3) is 5.91 Å². The Bertz CT molecular complexity index is 833. The molecule has 0 bridgehead atoms. The minimum atomic E-state index is -3.33. The van der Waals surface area contributed by atoms with E-state index in [2.05, 4.69) is 5.32 Å². The minimum absolute atomic E-state index is 0.114. The minimum Gasteiger partial charge on any atom is -0.346 e. The first-order valence-corrected chi connectivity index (χ1v) is 9.45. The summed E-state index contributed by atoms with van der Waals surface area (Å²) in [6.07, 6.45) is 1.15. The van der Waals surface area contributed by atoms with E-state index in [-0.39, 0.29) is 11.9 Å². The summed E-state index contributed by atoms with van der Waals surface area (Å²) >= 11 is 0. The molecular weight excluding hydrogens is 324 g/mol. The smallest absolute Gasteiger partial charge is 0.251 e. The molecule has 5 nitrogen and oxygen atoms in total. The van der Waals surface area contributed by atoms with Gasteiger partial charge in [0, 0.05) is 12.6 Å². The third-order valence-electron chi connectivity index (χ3n) is 3.94. The first kappa shape index (κ1) is 18.0. The fraction of sp³-hybridized carbons (Fsp3) is 0.278. The third-order valence-corrected chi connectivity index (χ3v) is 5.13. The zero-order valence-electron chi connectivity index (χ0n) is 14.3. The van der Waals surface area contributed by atoms with E-state index in [4.69, 9.17) is 0 Å². The largest absolute Gasteiger partial charge is 0.346 e. The summed E-state index contributed by atoms with van der Waals surface area (Å²) in [4.78, 5) is 12.4. The molecule has 0 radical (unpaired) electrons.